The number of aryl methyl sites for hydroxylation is 1. The molecule has 2 aromatic heterocycles. The van der Waals surface area contributed by atoms with Crippen molar-refractivity contribution >= 4 is 40.8 Å². The van der Waals surface area contributed by atoms with Gasteiger partial charge in [-0.1, -0.05) is 34.8 Å². The van der Waals surface area contributed by atoms with Gasteiger partial charge in [0.25, 0.3) is 0 Å². The summed E-state index contributed by atoms with van der Waals surface area (Å²) in [7, 11) is 1.65. The Morgan fingerprint density at radius 2 is 2.06 bits per heavy atom. The highest BCUT2D eigenvalue weighted by atomic mass is 35.5. The second kappa shape index (κ2) is 4.25. The SMILES string of the molecule is Cn1ncc(Cl)c1-n1c(Cl)cc(C(=O)O)c1Cl. The summed E-state index contributed by atoms with van der Waals surface area (Å²) in [4.78, 5) is 10.9. The Kier molecular flexibility index (Phi) is 3.07. The normalized spacial score (nSPS) is 10.8. The fourth-order valence-corrected chi connectivity index (χ4v) is 2.33. The number of hydrogen-bond donors (Lipinski definition) is 1. The van der Waals surface area contributed by atoms with Gasteiger partial charge in [-0.2, -0.15) is 5.10 Å². The molecule has 0 aliphatic carbocycles. The van der Waals surface area contributed by atoms with Gasteiger partial charge in [0.05, 0.1) is 11.8 Å². The van der Waals surface area contributed by atoms with E-state index in [-0.39, 0.29) is 15.9 Å². The van der Waals surface area contributed by atoms with Crippen LogP contribution in [0.2, 0.25) is 15.3 Å². The maximum atomic E-state index is 10.9. The zero-order valence-electron chi connectivity index (χ0n) is 8.49. The van der Waals surface area contributed by atoms with Crippen LogP contribution in [0.4, 0.5) is 0 Å². The van der Waals surface area contributed by atoms with Crippen LogP contribution in [0.5, 0.6) is 0 Å². The van der Waals surface area contributed by atoms with Gasteiger partial charge in [0, 0.05) is 7.05 Å². The Bertz CT molecular complexity index is 583. The van der Waals surface area contributed by atoms with Crippen LogP contribution in [0.25, 0.3) is 5.82 Å². The van der Waals surface area contributed by atoms with Crippen LogP contribution >= 0.6 is 34.8 Å². The van der Waals surface area contributed by atoms with E-state index in [0.717, 1.165) is 0 Å². The fraction of sp³-hybridized carbons (Fsp3) is 0.111. The molecule has 2 aromatic rings. The molecule has 0 radical (unpaired) electrons. The van der Waals surface area contributed by atoms with Crippen molar-refractivity contribution < 1.29 is 9.90 Å². The van der Waals surface area contributed by atoms with Crippen molar-refractivity contribution in [2.24, 2.45) is 7.05 Å². The number of hydrogen-bond acceptors (Lipinski definition) is 2. The van der Waals surface area contributed by atoms with E-state index in [1.807, 2.05) is 0 Å². The second-order valence-electron chi connectivity index (χ2n) is 3.25. The summed E-state index contributed by atoms with van der Waals surface area (Å²) in [5.74, 6) is -0.747. The van der Waals surface area contributed by atoms with Crippen molar-refractivity contribution in [3.8, 4) is 5.82 Å². The van der Waals surface area contributed by atoms with Gasteiger partial charge in [0.1, 0.15) is 15.3 Å². The molecule has 0 spiro atoms. The third-order valence-electron chi connectivity index (χ3n) is 2.20. The Hall–Kier alpha value is -1.17. The van der Waals surface area contributed by atoms with Gasteiger partial charge < -0.3 is 5.11 Å². The molecule has 0 aliphatic rings. The molecule has 0 fully saturated rings. The maximum Gasteiger partial charge on any atom is 0.338 e. The predicted molar refractivity (Wildman–Crippen MR) is 64.5 cm³/mol. The van der Waals surface area contributed by atoms with Crippen molar-refractivity contribution in [2.75, 3.05) is 0 Å². The molecular formula is C9H6Cl3N3O2. The molecule has 0 atom stereocenters. The number of rotatable bonds is 2. The summed E-state index contributed by atoms with van der Waals surface area (Å²) >= 11 is 17.8. The van der Waals surface area contributed by atoms with Gasteiger partial charge in [0.15, 0.2) is 5.82 Å². The first kappa shape index (κ1) is 12.3. The van der Waals surface area contributed by atoms with Gasteiger partial charge in [-0.3, -0.25) is 9.25 Å². The Morgan fingerprint density at radius 1 is 1.41 bits per heavy atom. The minimum Gasteiger partial charge on any atom is -0.478 e. The van der Waals surface area contributed by atoms with Crippen LogP contribution in [0.15, 0.2) is 12.3 Å². The van der Waals surface area contributed by atoms with E-state index >= 15 is 0 Å². The number of nitrogens with zero attached hydrogens (tertiary/aromatic N) is 3. The minimum atomic E-state index is -1.16. The molecule has 0 saturated heterocycles. The first-order chi connectivity index (χ1) is 7.93. The summed E-state index contributed by atoms with van der Waals surface area (Å²) in [6.45, 7) is 0. The van der Waals surface area contributed by atoms with E-state index in [4.69, 9.17) is 39.9 Å². The molecule has 2 heterocycles. The van der Waals surface area contributed by atoms with Gasteiger partial charge in [-0.25, -0.2) is 4.79 Å². The van der Waals surface area contributed by atoms with Crippen LogP contribution in [0.3, 0.4) is 0 Å². The lowest BCUT2D eigenvalue weighted by Crippen LogP contribution is -2.04. The number of aromatic carboxylic acids is 1. The summed E-state index contributed by atoms with van der Waals surface area (Å²) in [5.41, 5.74) is -0.0890. The molecule has 0 amide bonds. The molecule has 17 heavy (non-hydrogen) atoms. The van der Waals surface area contributed by atoms with E-state index in [9.17, 15) is 4.79 Å². The third-order valence-corrected chi connectivity index (χ3v) is 3.12. The lowest BCUT2D eigenvalue weighted by molar-refractivity contribution is 0.0697. The molecule has 2 rings (SSSR count). The first-order valence-electron chi connectivity index (χ1n) is 4.41. The van der Waals surface area contributed by atoms with Crippen LogP contribution in [-0.2, 0) is 7.05 Å². The second-order valence-corrected chi connectivity index (χ2v) is 4.40. The monoisotopic (exact) mass is 293 g/mol. The molecule has 0 aromatic carbocycles. The molecular weight excluding hydrogens is 288 g/mol. The zero-order chi connectivity index (χ0) is 12.7. The smallest absolute Gasteiger partial charge is 0.338 e. The lowest BCUT2D eigenvalue weighted by Gasteiger charge is -2.07. The van der Waals surface area contributed by atoms with Gasteiger partial charge >= 0.3 is 5.97 Å². The largest absolute Gasteiger partial charge is 0.478 e. The Labute approximate surface area is 111 Å². The van der Waals surface area contributed by atoms with Gasteiger partial charge in [0.2, 0.25) is 0 Å². The molecule has 0 unspecified atom stereocenters. The number of carboxylic acid groups (broad SMARTS) is 1. The quantitative estimate of drug-likeness (QED) is 0.926. The molecule has 90 valence electrons. The van der Waals surface area contributed by atoms with E-state index in [2.05, 4.69) is 5.10 Å². The molecule has 0 aliphatic heterocycles. The summed E-state index contributed by atoms with van der Waals surface area (Å²) in [5, 5.41) is 13.3. The first-order valence-corrected chi connectivity index (χ1v) is 5.54. The van der Waals surface area contributed by atoms with Gasteiger partial charge in [-0.15, -0.1) is 0 Å². The number of carboxylic acids is 1. The highest BCUT2D eigenvalue weighted by Crippen LogP contribution is 2.32. The Balaban J connectivity index is 2.73. The number of aromatic nitrogens is 3. The highest BCUT2D eigenvalue weighted by Gasteiger charge is 2.22. The van der Waals surface area contributed by atoms with Crippen molar-refractivity contribution in [2.45, 2.75) is 0 Å². The van der Waals surface area contributed by atoms with Crippen molar-refractivity contribution in [1.82, 2.24) is 14.3 Å². The molecule has 1 N–H and O–H groups in total. The van der Waals surface area contributed by atoms with E-state index in [1.165, 1.54) is 21.5 Å². The number of halogens is 3. The van der Waals surface area contributed by atoms with Crippen molar-refractivity contribution in [3.63, 3.8) is 0 Å². The van der Waals surface area contributed by atoms with Gasteiger partial charge in [-0.05, 0) is 6.07 Å². The third kappa shape index (κ3) is 1.90. The summed E-state index contributed by atoms with van der Waals surface area (Å²) in [6.07, 6.45) is 1.42. The van der Waals surface area contributed by atoms with E-state index < -0.39 is 5.97 Å². The minimum absolute atomic E-state index is 0.0204. The Morgan fingerprint density at radius 3 is 2.47 bits per heavy atom. The van der Waals surface area contributed by atoms with Crippen molar-refractivity contribution in [1.29, 1.82) is 0 Å². The summed E-state index contributed by atoms with van der Waals surface area (Å²) < 4.78 is 2.77. The van der Waals surface area contributed by atoms with Crippen molar-refractivity contribution in [3.05, 3.63) is 33.2 Å². The zero-order valence-corrected chi connectivity index (χ0v) is 10.8. The van der Waals surface area contributed by atoms with Crippen LogP contribution in [0.1, 0.15) is 10.4 Å². The van der Waals surface area contributed by atoms with E-state index in [1.54, 1.807) is 7.05 Å². The number of carbonyl (C=O) groups is 1. The van der Waals surface area contributed by atoms with Crippen LogP contribution in [-0.4, -0.2) is 25.4 Å². The predicted octanol–water partition coefficient (Wildman–Crippen LogP) is 2.87. The average Bonchev–Trinajstić information content (AvgIpc) is 2.70. The van der Waals surface area contributed by atoms with E-state index in [0.29, 0.717) is 10.8 Å². The maximum absolute atomic E-state index is 10.9. The average molecular weight is 295 g/mol. The molecule has 5 nitrogen and oxygen atoms in total. The molecule has 0 bridgehead atoms. The topological polar surface area (TPSA) is 60.0 Å². The fourth-order valence-electron chi connectivity index (χ4n) is 1.46. The van der Waals surface area contributed by atoms with Crippen LogP contribution < -0.4 is 0 Å². The summed E-state index contributed by atoms with van der Waals surface area (Å²) in [6, 6.07) is 1.26. The molecule has 8 heteroatoms. The lowest BCUT2D eigenvalue weighted by atomic mass is 10.3. The highest BCUT2D eigenvalue weighted by molar-refractivity contribution is 6.37. The standard InChI is InChI=1S/C9H6Cl3N3O2/c1-14-8(5(10)3-13-14)15-6(11)2-4(7(15)12)9(16)17/h2-3H,1H3,(H,16,17). The molecule has 0 saturated carbocycles. The van der Waals surface area contributed by atoms with Crippen LogP contribution in [0, 0.1) is 0 Å².